The van der Waals surface area contributed by atoms with E-state index in [1.807, 2.05) is 32.0 Å². The molecule has 2 aliphatic rings. The van der Waals surface area contributed by atoms with Crippen molar-refractivity contribution >= 4 is 17.5 Å². The first-order valence-corrected chi connectivity index (χ1v) is 9.88. The lowest BCUT2D eigenvalue weighted by Crippen LogP contribution is -2.47. The van der Waals surface area contributed by atoms with Gasteiger partial charge in [-0.25, -0.2) is 0 Å². The van der Waals surface area contributed by atoms with Gasteiger partial charge in [-0.15, -0.1) is 0 Å². The van der Waals surface area contributed by atoms with Crippen LogP contribution in [0.3, 0.4) is 0 Å². The van der Waals surface area contributed by atoms with Crippen LogP contribution in [0.1, 0.15) is 43.2 Å². The zero-order chi connectivity index (χ0) is 18.5. The molecule has 1 aliphatic heterocycles. The number of amides is 2. The van der Waals surface area contributed by atoms with E-state index < -0.39 is 0 Å². The molecule has 1 saturated heterocycles. The Hall–Kier alpha value is -1.88. The number of likely N-dealkylation sites (tertiary alicyclic amines) is 1. The molecule has 1 heterocycles. The van der Waals surface area contributed by atoms with Crippen molar-refractivity contribution in [1.82, 2.24) is 10.2 Å². The van der Waals surface area contributed by atoms with Crippen molar-refractivity contribution in [2.45, 2.75) is 46.0 Å². The van der Waals surface area contributed by atoms with Gasteiger partial charge in [0.05, 0.1) is 13.1 Å². The molecular formula is C21H31N3O2. The van der Waals surface area contributed by atoms with Crippen molar-refractivity contribution in [2.24, 2.45) is 11.8 Å². The fourth-order valence-electron chi connectivity index (χ4n) is 4.45. The number of fused-ring (bicyclic) bond motifs is 1. The summed E-state index contributed by atoms with van der Waals surface area (Å²) in [4.78, 5) is 26.6. The molecule has 5 heteroatoms. The number of hydrogen-bond acceptors (Lipinski definition) is 3. The lowest BCUT2D eigenvalue weighted by Gasteiger charge is -2.41. The summed E-state index contributed by atoms with van der Waals surface area (Å²) in [6.45, 7) is 6.40. The molecule has 0 unspecified atom stereocenters. The largest absolute Gasteiger partial charge is 0.346 e. The third-order valence-electron chi connectivity index (χ3n) is 5.93. The molecule has 0 bridgehead atoms. The van der Waals surface area contributed by atoms with E-state index in [1.165, 1.54) is 32.1 Å². The Morgan fingerprint density at radius 3 is 2.46 bits per heavy atom. The lowest BCUT2D eigenvalue weighted by atomic mass is 9.75. The van der Waals surface area contributed by atoms with Crippen LogP contribution in [0.5, 0.6) is 0 Å². The highest BCUT2D eigenvalue weighted by molar-refractivity contribution is 5.95. The van der Waals surface area contributed by atoms with Gasteiger partial charge in [-0.1, -0.05) is 37.5 Å². The zero-order valence-corrected chi connectivity index (χ0v) is 16.0. The Labute approximate surface area is 156 Å². The van der Waals surface area contributed by atoms with E-state index in [0.717, 1.165) is 41.7 Å². The van der Waals surface area contributed by atoms with Crippen LogP contribution >= 0.6 is 0 Å². The quantitative estimate of drug-likeness (QED) is 0.852. The van der Waals surface area contributed by atoms with Gasteiger partial charge in [0.2, 0.25) is 11.8 Å². The zero-order valence-electron chi connectivity index (χ0n) is 16.0. The van der Waals surface area contributed by atoms with Gasteiger partial charge >= 0.3 is 0 Å². The minimum atomic E-state index is -0.179. The lowest BCUT2D eigenvalue weighted by molar-refractivity contribution is -0.125. The number of benzene rings is 1. The number of carbonyl (C=O) groups excluding carboxylic acids is 2. The second-order valence-electron chi connectivity index (χ2n) is 7.92. The first kappa shape index (κ1) is 18.9. The van der Waals surface area contributed by atoms with Gasteiger partial charge in [0.25, 0.3) is 0 Å². The normalized spacial score (nSPS) is 23.2. The van der Waals surface area contributed by atoms with Crippen LogP contribution in [0.15, 0.2) is 18.2 Å². The summed E-state index contributed by atoms with van der Waals surface area (Å²) < 4.78 is 0. The molecule has 0 spiro atoms. The summed E-state index contributed by atoms with van der Waals surface area (Å²) in [6.07, 6.45) is 6.59. The number of para-hydroxylation sites is 1. The average molecular weight is 357 g/mol. The second-order valence-corrected chi connectivity index (χ2v) is 7.92. The standard InChI is InChI=1S/C21H31N3O2/c1-15-6-5-7-16(2)21(15)23-19(25)12-22-20(26)14-24-11-10-17-8-3-4-9-18(17)13-24/h5-7,17-18H,3-4,8-14H2,1-2H3,(H,22,26)(H,23,25)/t17-,18+/m0/s1. The number of aryl methyl sites for hydroxylation is 2. The number of anilines is 1. The molecule has 2 fully saturated rings. The second kappa shape index (κ2) is 8.67. The van der Waals surface area contributed by atoms with Crippen molar-refractivity contribution in [2.75, 3.05) is 31.5 Å². The van der Waals surface area contributed by atoms with E-state index in [2.05, 4.69) is 15.5 Å². The van der Waals surface area contributed by atoms with Gasteiger partial charge in [0.15, 0.2) is 0 Å². The van der Waals surface area contributed by atoms with E-state index in [-0.39, 0.29) is 18.4 Å². The average Bonchev–Trinajstić information content (AvgIpc) is 2.63. The number of nitrogens with zero attached hydrogens (tertiary/aromatic N) is 1. The molecule has 1 aromatic carbocycles. The molecule has 1 saturated carbocycles. The van der Waals surface area contributed by atoms with Gasteiger partial charge in [-0.05, 0) is 56.2 Å². The Bertz CT molecular complexity index is 638. The summed E-state index contributed by atoms with van der Waals surface area (Å²) in [7, 11) is 0. The first-order valence-electron chi connectivity index (χ1n) is 9.88. The fraction of sp³-hybridized carbons (Fsp3) is 0.619. The highest BCUT2D eigenvalue weighted by Crippen LogP contribution is 2.35. The molecule has 2 atom stereocenters. The maximum atomic E-state index is 12.2. The van der Waals surface area contributed by atoms with Crippen molar-refractivity contribution in [3.63, 3.8) is 0 Å². The van der Waals surface area contributed by atoms with Gasteiger partial charge in [0.1, 0.15) is 0 Å². The Balaban J connectivity index is 1.42. The van der Waals surface area contributed by atoms with Crippen LogP contribution in [0.2, 0.25) is 0 Å². The maximum Gasteiger partial charge on any atom is 0.243 e. The van der Waals surface area contributed by atoms with Crippen LogP contribution in [0.4, 0.5) is 5.69 Å². The van der Waals surface area contributed by atoms with Crippen LogP contribution in [0, 0.1) is 25.7 Å². The topological polar surface area (TPSA) is 61.4 Å². The van der Waals surface area contributed by atoms with Crippen LogP contribution in [0.25, 0.3) is 0 Å². The molecule has 2 amide bonds. The number of nitrogens with one attached hydrogen (secondary N) is 2. The molecule has 1 aliphatic carbocycles. The molecule has 1 aromatic rings. The van der Waals surface area contributed by atoms with Gasteiger partial charge in [0, 0.05) is 12.2 Å². The summed E-state index contributed by atoms with van der Waals surface area (Å²) in [5.41, 5.74) is 2.89. The predicted octanol–water partition coefficient (Wildman–Crippen LogP) is 2.87. The van der Waals surface area contributed by atoms with E-state index in [9.17, 15) is 9.59 Å². The Kier molecular flexibility index (Phi) is 6.30. The van der Waals surface area contributed by atoms with E-state index in [4.69, 9.17) is 0 Å². The van der Waals surface area contributed by atoms with E-state index in [0.29, 0.717) is 6.54 Å². The summed E-state index contributed by atoms with van der Waals surface area (Å²) in [6, 6.07) is 5.91. The van der Waals surface area contributed by atoms with Crippen molar-refractivity contribution in [1.29, 1.82) is 0 Å². The SMILES string of the molecule is Cc1cccc(C)c1NC(=O)CNC(=O)CN1CC[C@@H]2CCCC[C@@H]2C1. The Morgan fingerprint density at radius 2 is 1.73 bits per heavy atom. The number of carbonyl (C=O) groups is 2. The maximum absolute atomic E-state index is 12.2. The third kappa shape index (κ3) is 4.85. The Morgan fingerprint density at radius 1 is 1.04 bits per heavy atom. The number of piperidine rings is 1. The third-order valence-corrected chi connectivity index (χ3v) is 5.93. The monoisotopic (exact) mass is 357 g/mol. The summed E-state index contributed by atoms with van der Waals surface area (Å²) >= 11 is 0. The number of hydrogen-bond donors (Lipinski definition) is 2. The van der Waals surface area contributed by atoms with Gasteiger partial charge in [-0.3, -0.25) is 14.5 Å². The molecule has 142 valence electrons. The summed E-state index contributed by atoms with van der Waals surface area (Å²) in [5.74, 6) is 1.39. The number of rotatable bonds is 5. The van der Waals surface area contributed by atoms with Crippen LogP contribution in [-0.2, 0) is 9.59 Å². The molecule has 0 radical (unpaired) electrons. The van der Waals surface area contributed by atoms with Crippen LogP contribution < -0.4 is 10.6 Å². The first-order chi connectivity index (χ1) is 12.5. The van der Waals surface area contributed by atoms with Crippen molar-refractivity contribution in [3.05, 3.63) is 29.3 Å². The minimum absolute atomic E-state index is 0.0203. The van der Waals surface area contributed by atoms with Crippen molar-refractivity contribution in [3.8, 4) is 0 Å². The predicted molar refractivity (Wildman–Crippen MR) is 104 cm³/mol. The summed E-state index contributed by atoms with van der Waals surface area (Å²) in [5, 5.41) is 5.68. The fourth-order valence-corrected chi connectivity index (χ4v) is 4.45. The molecular weight excluding hydrogens is 326 g/mol. The van der Waals surface area contributed by atoms with Gasteiger partial charge < -0.3 is 10.6 Å². The smallest absolute Gasteiger partial charge is 0.243 e. The molecule has 3 rings (SSSR count). The molecule has 2 N–H and O–H groups in total. The minimum Gasteiger partial charge on any atom is -0.346 e. The van der Waals surface area contributed by atoms with Gasteiger partial charge in [-0.2, -0.15) is 0 Å². The van der Waals surface area contributed by atoms with E-state index in [1.54, 1.807) is 0 Å². The highest BCUT2D eigenvalue weighted by Gasteiger charge is 2.31. The molecule has 26 heavy (non-hydrogen) atoms. The molecule has 5 nitrogen and oxygen atoms in total. The molecule has 0 aromatic heterocycles. The highest BCUT2D eigenvalue weighted by atomic mass is 16.2. The van der Waals surface area contributed by atoms with Crippen LogP contribution in [-0.4, -0.2) is 42.9 Å². The van der Waals surface area contributed by atoms with E-state index >= 15 is 0 Å². The van der Waals surface area contributed by atoms with Crippen molar-refractivity contribution < 1.29 is 9.59 Å².